The summed E-state index contributed by atoms with van der Waals surface area (Å²) >= 11 is 1.13. The highest BCUT2D eigenvalue weighted by atomic mass is 32.1. The average molecular weight is 388 g/mol. The molecule has 1 aliphatic rings. The molecule has 2 aromatic rings. The van der Waals surface area contributed by atoms with Crippen molar-refractivity contribution in [3.05, 3.63) is 40.9 Å². The number of aryl methyl sites for hydroxylation is 1. The van der Waals surface area contributed by atoms with Gasteiger partial charge in [-0.05, 0) is 49.3 Å². The molecule has 1 heterocycles. The number of hydrogen-bond acceptors (Lipinski definition) is 6. The van der Waals surface area contributed by atoms with Gasteiger partial charge in [0.1, 0.15) is 11.0 Å². The summed E-state index contributed by atoms with van der Waals surface area (Å²) < 4.78 is 9.44. The summed E-state index contributed by atoms with van der Waals surface area (Å²) in [6.07, 6.45) is 4.19. The van der Waals surface area contributed by atoms with Gasteiger partial charge in [0.2, 0.25) is 0 Å². The third-order valence-corrected chi connectivity index (χ3v) is 5.27. The molecule has 2 unspecified atom stereocenters. The zero-order valence-electron chi connectivity index (χ0n) is 15.3. The van der Waals surface area contributed by atoms with E-state index in [2.05, 4.69) is 20.2 Å². The molecule has 7 nitrogen and oxygen atoms in total. The Morgan fingerprint density at radius 1 is 1.26 bits per heavy atom. The molecular formula is C19H24N4O3S. The van der Waals surface area contributed by atoms with Crippen molar-refractivity contribution >= 4 is 29.2 Å². The van der Waals surface area contributed by atoms with Crippen LogP contribution in [0, 0.1) is 0 Å². The summed E-state index contributed by atoms with van der Waals surface area (Å²) in [6.45, 7) is 2.05. The maximum absolute atomic E-state index is 12.5. The van der Waals surface area contributed by atoms with E-state index in [4.69, 9.17) is 4.74 Å². The number of carbonyl (C=O) groups excluding carboxylic acids is 2. The first-order valence-electron chi connectivity index (χ1n) is 9.30. The van der Waals surface area contributed by atoms with E-state index in [1.54, 1.807) is 0 Å². The quantitative estimate of drug-likeness (QED) is 0.785. The van der Waals surface area contributed by atoms with Gasteiger partial charge in [0, 0.05) is 18.2 Å². The van der Waals surface area contributed by atoms with Crippen molar-refractivity contribution in [2.45, 2.75) is 57.6 Å². The van der Waals surface area contributed by atoms with Crippen LogP contribution >= 0.6 is 11.5 Å². The van der Waals surface area contributed by atoms with E-state index in [0.29, 0.717) is 17.0 Å². The largest absolute Gasteiger partial charge is 0.446 e. The molecule has 0 bridgehead atoms. The minimum absolute atomic E-state index is 0.0163. The van der Waals surface area contributed by atoms with Gasteiger partial charge < -0.3 is 10.1 Å². The number of amides is 2. The normalized spacial score (nSPS) is 19.3. The predicted molar refractivity (Wildman–Crippen MR) is 104 cm³/mol. The molecule has 2 N–H and O–H groups in total. The third kappa shape index (κ3) is 5.50. The fraction of sp³-hybridized carbons (Fsp3) is 0.474. The first-order chi connectivity index (χ1) is 13.2. The van der Waals surface area contributed by atoms with Gasteiger partial charge in [0.05, 0.1) is 5.69 Å². The Kier molecular flexibility index (Phi) is 6.75. The fourth-order valence-corrected chi connectivity index (χ4v) is 3.85. The average Bonchev–Trinajstić information content (AvgIpc) is 3.11. The number of para-hydroxylation sites is 1. The monoisotopic (exact) mass is 388 g/mol. The van der Waals surface area contributed by atoms with Gasteiger partial charge in [-0.25, -0.2) is 4.79 Å². The number of carbonyl (C=O) groups is 2. The van der Waals surface area contributed by atoms with Crippen LogP contribution in [0.25, 0.3) is 0 Å². The van der Waals surface area contributed by atoms with Crippen LogP contribution in [-0.2, 0) is 11.2 Å². The molecule has 8 heteroatoms. The van der Waals surface area contributed by atoms with Gasteiger partial charge >= 0.3 is 6.09 Å². The number of nitrogens with zero attached hydrogens (tertiary/aromatic N) is 2. The van der Waals surface area contributed by atoms with Gasteiger partial charge in [-0.3, -0.25) is 10.1 Å². The molecule has 1 fully saturated rings. The van der Waals surface area contributed by atoms with E-state index in [1.807, 2.05) is 37.3 Å². The molecule has 2 atom stereocenters. The molecule has 144 valence electrons. The summed E-state index contributed by atoms with van der Waals surface area (Å²) in [7, 11) is 0. The maximum Gasteiger partial charge on any atom is 0.411 e. The van der Waals surface area contributed by atoms with Crippen molar-refractivity contribution in [3.63, 3.8) is 0 Å². The smallest absolute Gasteiger partial charge is 0.411 e. The summed E-state index contributed by atoms with van der Waals surface area (Å²) in [5, 5.41) is 9.82. The number of anilines is 1. The van der Waals surface area contributed by atoms with Crippen molar-refractivity contribution in [2.24, 2.45) is 0 Å². The first kappa shape index (κ1) is 19.3. The molecule has 2 amide bonds. The van der Waals surface area contributed by atoms with Gasteiger partial charge in [0.15, 0.2) is 0 Å². The molecule has 1 aromatic heterocycles. The van der Waals surface area contributed by atoms with Crippen molar-refractivity contribution in [2.75, 3.05) is 5.32 Å². The lowest BCUT2D eigenvalue weighted by molar-refractivity contribution is 0.0714. The van der Waals surface area contributed by atoms with Crippen molar-refractivity contribution in [3.8, 4) is 0 Å². The summed E-state index contributed by atoms with van der Waals surface area (Å²) in [6, 6.07) is 9.18. The van der Waals surface area contributed by atoms with E-state index in [-0.39, 0.29) is 18.1 Å². The predicted octanol–water partition coefficient (Wildman–Crippen LogP) is 3.78. The number of benzene rings is 1. The Bertz CT molecular complexity index is 765. The van der Waals surface area contributed by atoms with Crippen molar-refractivity contribution in [1.82, 2.24) is 14.9 Å². The molecule has 1 saturated carbocycles. The SMILES string of the molecule is CCCc1nnsc1C(=O)NC1CCCC(OC(=O)Nc2ccccc2)C1. The molecule has 0 saturated heterocycles. The Balaban J connectivity index is 1.51. The number of hydrogen-bond donors (Lipinski definition) is 2. The van der Waals surface area contributed by atoms with Crippen molar-refractivity contribution < 1.29 is 14.3 Å². The second kappa shape index (κ2) is 9.45. The van der Waals surface area contributed by atoms with Crippen LogP contribution in [0.2, 0.25) is 0 Å². The molecule has 1 aromatic carbocycles. The second-order valence-electron chi connectivity index (χ2n) is 6.65. The standard InChI is InChI=1S/C19H24N4O3S/c1-2-7-16-17(27-23-22-16)18(24)20-14-10-6-11-15(12-14)26-19(25)21-13-8-4-3-5-9-13/h3-5,8-9,14-15H,2,6-7,10-12H2,1H3,(H,20,24)(H,21,25). The lowest BCUT2D eigenvalue weighted by Gasteiger charge is -2.29. The maximum atomic E-state index is 12.5. The highest BCUT2D eigenvalue weighted by Crippen LogP contribution is 2.23. The van der Waals surface area contributed by atoms with E-state index in [0.717, 1.165) is 49.3 Å². The summed E-state index contributed by atoms with van der Waals surface area (Å²) in [5.41, 5.74) is 1.45. The molecule has 3 rings (SSSR count). The van der Waals surface area contributed by atoms with Gasteiger partial charge in [0.25, 0.3) is 5.91 Å². The molecular weight excluding hydrogens is 364 g/mol. The van der Waals surface area contributed by atoms with Crippen molar-refractivity contribution in [1.29, 1.82) is 0 Å². The van der Waals surface area contributed by atoms with Crippen LogP contribution in [0.15, 0.2) is 30.3 Å². The Hall–Kier alpha value is -2.48. The summed E-state index contributed by atoms with van der Waals surface area (Å²) in [4.78, 5) is 25.2. The lowest BCUT2D eigenvalue weighted by Crippen LogP contribution is -2.41. The molecule has 0 spiro atoms. The van der Waals surface area contributed by atoms with Gasteiger partial charge in [-0.15, -0.1) is 5.10 Å². The van der Waals surface area contributed by atoms with E-state index in [1.165, 1.54) is 0 Å². The Labute approximate surface area is 162 Å². The number of aromatic nitrogens is 2. The first-order valence-corrected chi connectivity index (χ1v) is 10.1. The van der Waals surface area contributed by atoms with Crippen LogP contribution in [0.3, 0.4) is 0 Å². The zero-order valence-corrected chi connectivity index (χ0v) is 16.1. The van der Waals surface area contributed by atoms with Crippen LogP contribution in [0.4, 0.5) is 10.5 Å². The zero-order chi connectivity index (χ0) is 19.1. The Morgan fingerprint density at radius 3 is 2.85 bits per heavy atom. The fourth-order valence-electron chi connectivity index (χ4n) is 3.24. The molecule has 0 aliphatic heterocycles. The van der Waals surface area contributed by atoms with Crippen LogP contribution in [-0.4, -0.2) is 33.7 Å². The van der Waals surface area contributed by atoms with Gasteiger partial charge in [-0.1, -0.05) is 36.0 Å². The highest BCUT2D eigenvalue weighted by Gasteiger charge is 2.27. The molecule has 27 heavy (non-hydrogen) atoms. The topological polar surface area (TPSA) is 93.2 Å². The minimum Gasteiger partial charge on any atom is -0.446 e. The van der Waals surface area contributed by atoms with E-state index >= 15 is 0 Å². The summed E-state index contributed by atoms with van der Waals surface area (Å²) in [5.74, 6) is -0.132. The van der Waals surface area contributed by atoms with E-state index < -0.39 is 6.09 Å². The number of ether oxygens (including phenoxy) is 1. The number of nitrogens with one attached hydrogen (secondary N) is 2. The number of rotatable bonds is 6. The molecule has 1 aliphatic carbocycles. The minimum atomic E-state index is -0.463. The lowest BCUT2D eigenvalue weighted by atomic mass is 9.92. The third-order valence-electron chi connectivity index (χ3n) is 4.50. The van der Waals surface area contributed by atoms with E-state index in [9.17, 15) is 9.59 Å². The highest BCUT2D eigenvalue weighted by molar-refractivity contribution is 7.08. The Morgan fingerprint density at radius 2 is 2.07 bits per heavy atom. The van der Waals surface area contributed by atoms with Crippen LogP contribution in [0.1, 0.15) is 54.4 Å². The van der Waals surface area contributed by atoms with Crippen LogP contribution < -0.4 is 10.6 Å². The molecule has 0 radical (unpaired) electrons. The van der Waals surface area contributed by atoms with Gasteiger partial charge in [-0.2, -0.15) is 0 Å². The van der Waals surface area contributed by atoms with Crippen LogP contribution in [0.5, 0.6) is 0 Å². The second-order valence-corrected chi connectivity index (χ2v) is 7.41.